The highest BCUT2D eigenvalue weighted by Gasteiger charge is 2.54. The third-order valence-corrected chi connectivity index (χ3v) is 9.38. The van der Waals surface area contributed by atoms with Crippen molar-refractivity contribution in [2.24, 2.45) is 11.4 Å². The zero-order valence-corrected chi connectivity index (χ0v) is 21.6. The van der Waals surface area contributed by atoms with Crippen LogP contribution in [0.1, 0.15) is 0 Å². The maximum atomic E-state index is 12.8. The van der Waals surface area contributed by atoms with Crippen molar-refractivity contribution in [1.82, 2.24) is 41.1 Å². The Hall–Kier alpha value is -2.54. The number of tetrazole rings is 1. The minimum atomic E-state index is -1.53. The maximum Gasteiger partial charge on any atom is 0.352 e. The first-order valence-corrected chi connectivity index (χ1v) is 13.9. The van der Waals surface area contributed by atoms with Crippen molar-refractivity contribution in [3.05, 3.63) is 22.4 Å². The molecule has 0 spiro atoms. The molecule has 0 bridgehead atoms. The van der Waals surface area contributed by atoms with Crippen LogP contribution >= 0.6 is 35.7 Å². The van der Waals surface area contributed by atoms with Gasteiger partial charge < -0.3 is 26.2 Å². The number of carbonyl (C=O) groups excluding carboxylic acids is 2. The number of aliphatic carboxylic acids is 1. The van der Waals surface area contributed by atoms with Crippen LogP contribution < -0.4 is 16.0 Å². The smallest absolute Gasteiger partial charge is 0.352 e. The topological polar surface area (TPSA) is 187 Å². The van der Waals surface area contributed by atoms with Crippen LogP contribution in [0.15, 0.2) is 31.9 Å². The number of amides is 2. The molecule has 4 heterocycles. The van der Waals surface area contributed by atoms with Crippen LogP contribution in [0.4, 0.5) is 0 Å². The predicted molar refractivity (Wildman–Crippen MR) is 133 cm³/mol. The van der Waals surface area contributed by atoms with Gasteiger partial charge in [0.05, 0.1) is 11.6 Å². The van der Waals surface area contributed by atoms with Gasteiger partial charge in [0.1, 0.15) is 17.1 Å². The number of carbonyl (C=O) groups is 3. The molecule has 4 rings (SSSR count). The SMILES string of the molecule is CNC(=S)/N=S1\C=C(C(O)C(=O)NC2C(=O)N3C(C(=O)O)=C(CSc4nnnn4C)CSC23)NC1. The molecule has 1 aromatic heterocycles. The zero-order valence-electron chi connectivity index (χ0n) is 18.4. The number of β-lactam (4-membered cyclic amide) rings is 1. The van der Waals surface area contributed by atoms with Gasteiger partial charge in [0.15, 0.2) is 11.2 Å². The van der Waals surface area contributed by atoms with Crippen molar-refractivity contribution < 1.29 is 24.6 Å². The van der Waals surface area contributed by atoms with E-state index < -0.39 is 46.0 Å². The summed E-state index contributed by atoms with van der Waals surface area (Å²) in [6.07, 6.45) is -1.53. The average molecular weight is 560 g/mol. The Kier molecular flexibility index (Phi) is 7.74. The van der Waals surface area contributed by atoms with E-state index in [1.54, 1.807) is 19.5 Å². The molecule has 4 atom stereocenters. The molecule has 3 aliphatic rings. The highest BCUT2D eigenvalue weighted by atomic mass is 32.2. The van der Waals surface area contributed by atoms with Gasteiger partial charge >= 0.3 is 5.97 Å². The van der Waals surface area contributed by atoms with Crippen LogP contribution in [0.2, 0.25) is 0 Å². The van der Waals surface area contributed by atoms with Crippen molar-refractivity contribution in [2.75, 3.05) is 24.4 Å². The number of nitrogens with one attached hydrogen (secondary N) is 3. The van der Waals surface area contributed by atoms with Crippen molar-refractivity contribution in [3.8, 4) is 0 Å². The minimum Gasteiger partial charge on any atom is -0.477 e. The zero-order chi connectivity index (χ0) is 25.3. The van der Waals surface area contributed by atoms with Crippen LogP contribution in [0.5, 0.6) is 0 Å². The molecule has 0 aliphatic carbocycles. The van der Waals surface area contributed by atoms with Crippen LogP contribution in [-0.2, 0) is 32.1 Å². The van der Waals surface area contributed by atoms with Crippen molar-refractivity contribution in [1.29, 1.82) is 0 Å². The fourth-order valence-electron chi connectivity index (χ4n) is 3.42. The average Bonchev–Trinajstić information content (AvgIpc) is 3.48. The summed E-state index contributed by atoms with van der Waals surface area (Å²) in [5.74, 6) is -1.50. The molecule has 4 unspecified atom stereocenters. The molecule has 0 saturated carbocycles. The van der Waals surface area contributed by atoms with Gasteiger partial charge in [0.25, 0.3) is 11.8 Å². The summed E-state index contributed by atoms with van der Waals surface area (Å²) in [6, 6.07) is -0.949. The van der Waals surface area contributed by atoms with Gasteiger partial charge in [0, 0.05) is 31.0 Å². The van der Waals surface area contributed by atoms with Gasteiger partial charge in [-0.25, -0.2) is 9.48 Å². The largest absolute Gasteiger partial charge is 0.477 e. The number of fused-ring (bicyclic) bond motifs is 1. The monoisotopic (exact) mass is 559 g/mol. The Labute approximate surface area is 215 Å². The third-order valence-electron chi connectivity index (χ3n) is 5.15. The summed E-state index contributed by atoms with van der Waals surface area (Å²) in [5.41, 5.74) is 0.733. The molecule has 3 aliphatic heterocycles. The minimum absolute atomic E-state index is 0.0984. The van der Waals surface area contributed by atoms with Crippen molar-refractivity contribution >= 4 is 69.3 Å². The Bertz CT molecular complexity index is 1180. The number of aromatic nitrogens is 4. The number of aliphatic hydroxyl groups excluding tert-OH is 1. The summed E-state index contributed by atoms with van der Waals surface area (Å²) in [4.78, 5) is 38.7. The second-order valence-electron chi connectivity index (χ2n) is 7.37. The van der Waals surface area contributed by atoms with Crippen LogP contribution in [0.25, 0.3) is 0 Å². The molecule has 1 fully saturated rings. The quantitative estimate of drug-likeness (QED) is 0.142. The molecular formula is C17H21N9O5S4. The standard InChI is InChI=1S/C17H21N9O5S4/c1-18-16(32)22-35-5-8(19-6-35)11(27)12(28)20-9-13(29)26-10(15(30)31)7(3-33-14(9)26)4-34-17-21-23-24-25(17)2/h5,9,11,14,19,27H,3-4,6H2,1-2H3,(H,18,32)(H,20,28)(H,30,31). The number of carboxylic acids is 1. The molecule has 35 heavy (non-hydrogen) atoms. The maximum absolute atomic E-state index is 12.8. The first-order valence-electron chi connectivity index (χ1n) is 10.0. The van der Waals surface area contributed by atoms with Gasteiger partial charge in [0.2, 0.25) is 5.16 Å². The van der Waals surface area contributed by atoms with Crippen molar-refractivity contribution in [2.45, 2.75) is 22.7 Å². The van der Waals surface area contributed by atoms with E-state index in [1.807, 2.05) is 0 Å². The van der Waals surface area contributed by atoms with E-state index in [9.17, 15) is 24.6 Å². The normalized spacial score (nSPS) is 24.3. The summed E-state index contributed by atoms with van der Waals surface area (Å²) < 4.78 is 5.71. The Balaban J connectivity index is 1.42. The summed E-state index contributed by atoms with van der Waals surface area (Å²) in [6.45, 7) is 0. The van der Waals surface area contributed by atoms with Gasteiger partial charge in [-0.2, -0.15) is 4.36 Å². The molecular weight excluding hydrogens is 539 g/mol. The van der Waals surface area contributed by atoms with Crippen molar-refractivity contribution in [3.63, 3.8) is 0 Å². The van der Waals surface area contributed by atoms with Gasteiger partial charge in [-0.15, -0.1) is 16.9 Å². The molecule has 2 amide bonds. The first kappa shape index (κ1) is 25.5. The van der Waals surface area contributed by atoms with E-state index in [0.717, 1.165) is 0 Å². The molecule has 188 valence electrons. The fraction of sp³-hybridized carbons (Fsp3) is 0.471. The Morgan fingerprint density at radius 2 is 2.29 bits per heavy atom. The molecule has 0 radical (unpaired) electrons. The van der Waals surface area contributed by atoms with Gasteiger partial charge in [-0.05, 0) is 38.9 Å². The second kappa shape index (κ2) is 10.6. The van der Waals surface area contributed by atoms with E-state index in [0.29, 0.717) is 33.2 Å². The lowest BCUT2D eigenvalue weighted by molar-refractivity contribution is -0.151. The summed E-state index contributed by atoms with van der Waals surface area (Å²) >= 11 is 7.61. The van der Waals surface area contributed by atoms with Crippen LogP contribution in [0, 0.1) is 0 Å². The van der Waals surface area contributed by atoms with E-state index in [1.165, 1.54) is 33.1 Å². The highest BCUT2D eigenvalue weighted by molar-refractivity contribution is 8.01. The lowest BCUT2D eigenvalue weighted by Gasteiger charge is -2.49. The number of hydrogen-bond acceptors (Lipinski definition) is 11. The lowest BCUT2D eigenvalue weighted by atomic mass is 10.0. The summed E-state index contributed by atoms with van der Waals surface area (Å²) in [7, 11) is 2.69. The van der Waals surface area contributed by atoms with Crippen LogP contribution in [0.3, 0.4) is 0 Å². The number of carboxylic acid groups (broad SMARTS) is 1. The molecule has 14 nitrogen and oxygen atoms in total. The fourth-order valence-corrected chi connectivity index (χ4v) is 7.37. The van der Waals surface area contributed by atoms with E-state index in [2.05, 4.69) is 35.8 Å². The van der Waals surface area contributed by atoms with E-state index in [-0.39, 0.29) is 11.4 Å². The molecule has 1 saturated heterocycles. The van der Waals surface area contributed by atoms with Gasteiger partial charge in [-0.3, -0.25) is 14.5 Å². The molecule has 1 aromatic rings. The number of aryl methyl sites for hydroxylation is 1. The Morgan fingerprint density at radius 3 is 2.94 bits per heavy atom. The Morgan fingerprint density at radius 1 is 1.51 bits per heavy atom. The molecule has 18 heteroatoms. The molecule has 0 aromatic carbocycles. The number of thioether (sulfide) groups is 2. The predicted octanol–water partition coefficient (Wildman–Crippen LogP) is -1.89. The van der Waals surface area contributed by atoms with E-state index in [4.69, 9.17) is 12.2 Å². The number of nitrogens with zero attached hydrogens (tertiary/aromatic N) is 6. The third kappa shape index (κ3) is 5.20. The lowest BCUT2D eigenvalue weighted by Crippen LogP contribution is -2.71. The second-order valence-corrected chi connectivity index (χ2v) is 11.3. The number of rotatable bonds is 7. The van der Waals surface area contributed by atoms with Gasteiger partial charge in [-0.1, -0.05) is 11.8 Å². The van der Waals surface area contributed by atoms with Crippen LogP contribution in [-0.4, -0.2) is 100 Å². The summed E-state index contributed by atoms with van der Waals surface area (Å²) in [5, 5.41) is 41.5. The number of aliphatic hydroxyl groups is 1. The number of hydrogen-bond donors (Lipinski definition) is 5. The highest BCUT2D eigenvalue weighted by Crippen LogP contribution is 2.41. The first-order chi connectivity index (χ1) is 16.7. The molecule has 5 N–H and O–H groups in total. The number of thiocarbonyl (C=S) groups is 1. The van der Waals surface area contributed by atoms with E-state index >= 15 is 0 Å².